The molecule has 0 spiro atoms. The molecule has 0 amide bonds. The van der Waals surface area contributed by atoms with E-state index in [9.17, 15) is 17.2 Å². The number of nitrogens with zero attached hydrogens (tertiary/aromatic N) is 1. The molecule has 1 aromatic carbocycles. The zero-order valence-corrected chi connectivity index (χ0v) is 11.2. The molecule has 0 aliphatic heterocycles. The van der Waals surface area contributed by atoms with Crippen LogP contribution in [0.15, 0.2) is 41.4 Å². The molecule has 0 aliphatic carbocycles. The minimum Gasteiger partial charge on any atom is -0.325 e. The summed E-state index contributed by atoms with van der Waals surface area (Å²) in [6.07, 6.45) is 1.50. The summed E-state index contributed by atoms with van der Waals surface area (Å²) in [4.78, 5) is 3.43. The molecule has 0 saturated carbocycles. The largest absolute Gasteiger partial charge is 0.325 e. The third kappa shape index (κ3) is 3.00. The van der Waals surface area contributed by atoms with Crippen molar-refractivity contribution in [3.63, 3.8) is 0 Å². The maximum Gasteiger partial charge on any atom is 0.185 e. The maximum absolute atomic E-state index is 13.6. The van der Waals surface area contributed by atoms with Crippen molar-refractivity contribution in [1.82, 2.24) is 4.98 Å². The van der Waals surface area contributed by atoms with Gasteiger partial charge in [-0.2, -0.15) is 0 Å². The van der Waals surface area contributed by atoms with E-state index in [0.29, 0.717) is 17.3 Å². The van der Waals surface area contributed by atoms with E-state index in [1.165, 1.54) is 6.20 Å². The summed E-state index contributed by atoms with van der Waals surface area (Å²) in [5, 5.41) is 0. The Hall–Kier alpha value is -1.86. The van der Waals surface area contributed by atoms with E-state index in [4.69, 9.17) is 5.73 Å². The van der Waals surface area contributed by atoms with E-state index >= 15 is 0 Å². The van der Waals surface area contributed by atoms with Gasteiger partial charge in [0.1, 0.15) is 16.5 Å². The lowest BCUT2D eigenvalue weighted by atomic mass is 10.2. The minimum absolute atomic E-state index is 0.0809. The first-order chi connectivity index (χ1) is 9.44. The van der Waals surface area contributed by atoms with Crippen LogP contribution in [-0.2, 0) is 22.1 Å². The van der Waals surface area contributed by atoms with Crippen LogP contribution in [0, 0.1) is 11.6 Å². The normalized spacial score (nSPS) is 11.6. The van der Waals surface area contributed by atoms with Gasteiger partial charge in [-0.05, 0) is 23.8 Å². The van der Waals surface area contributed by atoms with Crippen LogP contribution < -0.4 is 5.73 Å². The molecule has 7 heteroatoms. The highest BCUT2D eigenvalue weighted by atomic mass is 32.2. The fraction of sp³-hybridized carbons (Fsp3) is 0.154. The fourth-order valence-electron chi connectivity index (χ4n) is 1.80. The van der Waals surface area contributed by atoms with Gasteiger partial charge in [-0.1, -0.05) is 6.07 Å². The molecule has 0 aliphatic rings. The van der Waals surface area contributed by atoms with E-state index in [1.807, 2.05) is 0 Å². The van der Waals surface area contributed by atoms with Gasteiger partial charge in [0.05, 0.1) is 11.4 Å². The van der Waals surface area contributed by atoms with Crippen LogP contribution in [0.4, 0.5) is 8.78 Å². The Bertz CT molecular complexity index is 733. The Balaban J connectivity index is 2.41. The lowest BCUT2D eigenvalue weighted by Crippen LogP contribution is -2.11. The van der Waals surface area contributed by atoms with Gasteiger partial charge in [0.15, 0.2) is 9.84 Å². The van der Waals surface area contributed by atoms with E-state index < -0.39 is 32.1 Å². The van der Waals surface area contributed by atoms with Crippen LogP contribution >= 0.6 is 0 Å². The van der Waals surface area contributed by atoms with Gasteiger partial charge in [0.25, 0.3) is 0 Å². The monoisotopic (exact) mass is 298 g/mol. The highest BCUT2D eigenvalue weighted by Crippen LogP contribution is 2.21. The summed E-state index contributed by atoms with van der Waals surface area (Å²) in [5.41, 5.74) is 6.31. The quantitative estimate of drug-likeness (QED) is 0.873. The van der Waals surface area contributed by atoms with E-state index in [2.05, 4.69) is 4.98 Å². The van der Waals surface area contributed by atoms with Crippen LogP contribution in [0.1, 0.15) is 11.3 Å². The molecule has 0 atom stereocenters. The molecule has 2 aromatic rings. The van der Waals surface area contributed by atoms with Gasteiger partial charge >= 0.3 is 0 Å². The molecule has 106 valence electrons. The lowest BCUT2D eigenvalue weighted by Gasteiger charge is -2.08. The van der Waals surface area contributed by atoms with E-state index in [1.54, 1.807) is 12.1 Å². The Morgan fingerprint density at radius 1 is 1.20 bits per heavy atom. The Morgan fingerprint density at radius 3 is 2.60 bits per heavy atom. The van der Waals surface area contributed by atoms with Crippen molar-refractivity contribution in [3.05, 3.63) is 59.4 Å². The molecule has 4 nitrogen and oxygen atoms in total. The number of rotatable bonds is 4. The molecule has 0 saturated heterocycles. The number of sulfone groups is 1. The average molecular weight is 298 g/mol. The van der Waals surface area contributed by atoms with Gasteiger partial charge in [-0.15, -0.1) is 0 Å². The van der Waals surface area contributed by atoms with Crippen molar-refractivity contribution in [2.45, 2.75) is 17.2 Å². The Morgan fingerprint density at radius 2 is 1.95 bits per heavy atom. The predicted octanol–water partition coefficient (Wildman–Crippen LogP) is 1.79. The molecule has 0 bridgehead atoms. The van der Waals surface area contributed by atoms with Gasteiger partial charge in [-0.3, -0.25) is 4.98 Å². The second-order valence-electron chi connectivity index (χ2n) is 4.15. The van der Waals surface area contributed by atoms with Gasteiger partial charge < -0.3 is 5.73 Å². The zero-order valence-electron chi connectivity index (χ0n) is 10.4. The average Bonchev–Trinajstić information content (AvgIpc) is 2.38. The Labute approximate surface area is 115 Å². The van der Waals surface area contributed by atoms with Crippen molar-refractivity contribution in [2.24, 2.45) is 5.73 Å². The number of hydrogen-bond donors (Lipinski definition) is 1. The zero-order chi connectivity index (χ0) is 14.8. The first-order valence-electron chi connectivity index (χ1n) is 5.74. The number of halogens is 2. The number of hydrogen-bond acceptors (Lipinski definition) is 4. The van der Waals surface area contributed by atoms with Crippen molar-refractivity contribution in [2.75, 3.05) is 0 Å². The maximum atomic E-state index is 13.6. The predicted molar refractivity (Wildman–Crippen MR) is 69.4 cm³/mol. The standard InChI is InChI=1S/C13H12F2N2O2S/c14-10-3-4-13(11(15)6-10)20(18,19)8-9-2-1-5-17-12(9)7-16/h1-6H,7-8,16H2. The summed E-state index contributed by atoms with van der Waals surface area (Å²) >= 11 is 0. The van der Waals surface area contributed by atoms with Crippen LogP contribution in [-0.4, -0.2) is 13.4 Å². The second-order valence-corrected chi connectivity index (χ2v) is 6.11. The smallest absolute Gasteiger partial charge is 0.185 e. The molecular formula is C13H12F2N2O2S. The number of aromatic nitrogens is 1. The molecule has 2 rings (SSSR count). The lowest BCUT2D eigenvalue weighted by molar-refractivity contribution is 0.548. The van der Waals surface area contributed by atoms with Crippen LogP contribution in [0.5, 0.6) is 0 Å². The van der Waals surface area contributed by atoms with Crippen molar-refractivity contribution in [3.8, 4) is 0 Å². The molecule has 20 heavy (non-hydrogen) atoms. The van der Waals surface area contributed by atoms with Gasteiger partial charge in [-0.25, -0.2) is 17.2 Å². The second kappa shape index (κ2) is 5.64. The molecule has 0 radical (unpaired) electrons. The minimum atomic E-state index is -3.93. The molecule has 0 unspecified atom stereocenters. The Kier molecular flexibility index (Phi) is 4.10. The van der Waals surface area contributed by atoms with Gasteiger partial charge in [0, 0.05) is 18.8 Å². The summed E-state index contributed by atoms with van der Waals surface area (Å²) in [7, 11) is -3.93. The highest BCUT2D eigenvalue weighted by Gasteiger charge is 2.21. The fourth-order valence-corrected chi connectivity index (χ4v) is 3.26. The van der Waals surface area contributed by atoms with Crippen LogP contribution in [0.3, 0.4) is 0 Å². The third-order valence-electron chi connectivity index (χ3n) is 2.75. The molecule has 1 heterocycles. The molecule has 1 aromatic heterocycles. The first-order valence-corrected chi connectivity index (χ1v) is 7.40. The topological polar surface area (TPSA) is 73.0 Å². The van der Waals surface area contributed by atoms with Crippen LogP contribution in [0.25, 0.3) is 0 Å². The summed E-state index contributed by atoms with van der Waals surface area (Å²) in [5.74, 6) is -2.37. The summed E-state index contributed by atoms with van der Waals surface area (Å²) in [6.45, 7) is 0.0809. The first kappa shape index (κ1) is 14.5. The highest BCUT2D eigenvalue weighted by molar-refractivity contribution is 7.90. The van der Waals surface area contributed by atoms with Crippen molar-refractivity contribution in [1.29, 1.82) is 0 Å². The van der Waals surface area contributed by atoms with E-state index in [-0.39, 0.29) is 6.54 Å². The third-order valence-corrected chi connectivity index (χ3v) is 4.44. The number of nitrogens with two attached hydrogens (primary N) is 1. The van der Waals surface area contributed by atoms with Crippen molar-refractivity contribution < 1.29 is 17.2 Å². The number of pyridine rings is 1. The summed E-state index contributed by atoms with van der Waals surface area (Å²) in [6, 6.07) is 5.50. The van der Waals surface area contributed by atoms with Crippen LogP contribution in [0.2, 0.25) is 0 Å². The SMILES string of the molecule is NCc1ncccc1CS(=O)(=O)c1ccc(F)cc1F. The molecule has 0 fully saturated rings. The summed E-state index contributed by atoms with van der Waals surface area (Å²) < 4.78 is 50.7. The van der Waals surface area contributed by atoms with Gasteiger partial charge in [0.2, 0.25) is 0 Å². The van der Waals surface area contributed by atoms with Crippen molar-refractivity contribution >= 4 is 9.84 Å². The molecular weight excluding hydrogens is 286 g/mol. The van der Waals surface area contributed by atoms with E-state index in [0.717, 1.165) is 12.1 Å². The molecule has 2 N–H and O–H groups in total. The number of benzene rings is 1.